The van der Waals surface area contributed by atoms with Gasteiger partial charge in [0.1, 0.15) is 0 Å². The molecule has 0 aliphatic rings. The fourth-order valence-electron chi connectivity index (χ4n) is 1.19. The van der Waals surface area contributed by atoms with Gasteiger partial charge in [0.25, 0.3) is 0 Å². The lowest BCUT2D eigenvalue weighted by Gasteiger charge is -2.16. The van der Waals surface area contributed by atoms with Crippen molar-refractivity contribution in [2.24, 2.45) is 0 Å². The first-order chi connectivity index (χ1) is 7.27. The van der Waals surface area contributed by atoms with Crippen LogP contribution >= 0.6 is 11.6 Å². The number of halogens is 1. The predicted octanol–water partition coefficient (Wildman–Crippen LogP) is 2.79. The van der Waals surface area contributed by atoms with Gasteiger partial charge in [0.2, 0.25) is 0 Å². The van der Waals surface area contributed by atoms with E-state index in [9.17, 15) is 0 Å². The molecule has 0 unspecified atom stereocenters. The molecule has 0 amide bonds. The summed E-state index contributed by atoms with van der Waals surface area (Å²) >= 11 is 5.53. The summed E-state index contributed by atoms with van der Waals surface area (Å²) < 4.78 is 0. The highest BCUT2D eigenvalue weighted by Crippen LogP contribution is 2.12. The molecule has 0 bridgehead atoms. The summed E-state index contributed by atoms with van der Waals surface area (Å²) in [6.45, 7) is 0.818. The predicted molar refractivity (Wildman–Crippen MR) is 64.3 cm³/mol. The maximum absolute atomic E-state index is 8.65. The standard InChI is InChI=1S/C12H13ClN2/c1-15(9-3-2-8-13)12-6-4-11(10-14)5-7-12/h2-7H,8-9H2,1H3. The lowest BCUT2D eigenvalue weighted by atomic mass is 10.2. The zero-order chi connectivity index (χ0) is 11.1. The van der Waals surface area contributed by atoms with Crippen LogP contribution in [0.15, 0.2) is 36.4 Å². The van der Waals surface area contributed by atoms with Gasteiger partial charge in [-0.25, -0.2) is 0 Å². The molecule has 0 saturated carbocycles. The molecule has 0 saturated heterocycles. The first kappa shape index (κ1) is 11.6. The average Bonchev–Trinajstić information content (AvgIpc) is 2.29. The van der Waals surface area contributed by atoms with Crippen LogP contribution in [0.25, 0.3) is 0 Å². The van der Waals surface area contributed by atoms with Crippen molar-refractivity contribution in [1.82, 2.24) is 0 Å². The summed E-state index contributed by atoms with van der Waals surface area (Å²) in [5, 5.41) is 8.65. The van der Waals surface area contributed by atoms with Gasteiger partial charge in [-0.3, -0.25) is 0 Å². The Kier molecular flexibility index (Phi) is 4.73. The Morgan fingerprint density at radius 1 is 1.33 bits per heavy atom. The van der Waals surface area contributed by atoms with Crippen molar-refractivity contribution < 1.29 is 0 Å². The molecule has 1 aromatic rings. The molecule has 3 heteroatoms. The summed E-state index contributed by atoms with van der Waals surface area (Å²) in [7, 11) is 2.00. The highest BCUT2D eigenvalue weighted by Gasteiger charge is 1.97. The first-order valence-electron chi connectivity index (χ1n) is 4.70. The number of alkyl halides is 1. The van der Waals surface area contributed by atoms with Crippen LogP contribution in [-0.2, 0) is 0 Å². The third-order valence-corrected chi connectivity index (χ3v) is 2.25. The van der Waals surface area contributed by atoms with Gasteiger partial charge in [-0.05, 0) is 24.3 Å². The maximum Gasteiger partial charge on any atom is 0.0991 e. The fraction of sp³-hybridized carbons (Fsp3) is 0.250. The molecular formula is C12H13ClN2. The fourth-order valence-corrected chi connectivity index (χ4v) is 1.32. The van der Waals surface area contributed by atoms with E-state index in [1.807, 2.05) is 43.5 Å². The number of hydrogen-bond acceptors (Lipinski definition) is 2. The normalized spacial score (nSPS) is 10.2. The van der Waals surface area contributed by atoms with E-state index in [-0.39, 0.29) is 0 Å². The van der Waals surface area contributed by atoms with Crippen LogP contribution in [0.4, 0.5) is 5.69 Å². The number of hydrogen-bond donors (Lipinski definition) is 0. The van der Waals surface area contributed by atoms with Crippen LogP contribution in [0.1, 0.15) is 5.56 Å². The molecule has 2 nitrogen and oxygen atoms in total. The van der Waals surface area contributed by atoms with Crippen LogP contribution < -0.4 is 4.90 Å². The van der Waals surface area contributed by atoms with E-state index in [0.29, 0.717) is 11.4 Å². The maximum atomic E-state index is 8.65. The Balaban J connectivity index is 2.62. The Bertz CT molecular complexity index is 362. The molecule has 78 valence electrons. The Hall–Kier alpha value is -1.46. The molecule has 0 aliphatic heterocycles. The molecule has 15 heavy (non-hydrogen) atoms. The minimum atomic E-state index is 0.543. The van der Waals surface area contributed by atoms with Crippen LogP contribution in [0.2, 0.25) is 0 Å². The van der Waals surface area contributed by atoms with Crippen molar-refractivity contribution in [2.45, 2.75) is 0 Å². The number of benzene rings is 1. The Labute approximate surface area is 95.4 Å². The minimum Gasteiger partial charge on any atom is -0.371 e. The quantitative estimate of drug-likeness (QED) is 0.576. The molecule has 0 N–H and O–H groups in total. The third kappa shape index (κ3) is 3.65. The second-order valence-electron chi connectivity index (χ2n) is 3.16. The second kappa shape index (κ2) is 6.10. The number of nitrogens with zero attached hydrogens (tertiary/aromatic N) is 2. The smallest absolute Gasteiger partial charge is 0.0991 e. The number of anilines is 1. The number of likely N-dealkylation sites (N-methyl/N-ethyl adjacent to an activating group) is 1. The highest BCUT2D eigenvalue weighted by atomic mass is 35.5. The third-order valence-electron chi connectivity index (χ3n) is 2.07. The van der Waals surface area contributed by atoms with Crippen LogP contribution in [0.3, 0.4) is 0 Å². The zero-order valence-corrected chi connectivity index (χ0v) is 9.41. The van der Waals surface area contributed by atoms with Crippen molar-refractivity contribution >= 4 is 17.3 Å². The molecule has 0 fully saturated rings. The zero-order valence-electron chi connectivity index (χ0n) is 8.65. The molecule has 0 aliphatic carbocycles. The largest absolute Gasteiger partial charge is 0.371 e. The number of allylic oxidation sites excluding steroid dienone is 1. The van der Waals surface area contributed by atoms with E-state index >= 15 is 0 Å². The number of rotatable bonds is 4. The molecule has 0 radical (unpaired) electrons. The monoisotopic (exact) mass is 220 g/mol. The van der Waals surface area contributed by atoms with Crippen LogP contribution in [0, 0.1) is 11.3 Å². The lowest BCUT2D eigenvalue weighted by Crippen LogP contribution is -2.16. The Morgan fingerprint density at radius 3 is 2.53 bits per heavy atom. The summed E-state index contributed by atoms with van der Waals surface area (Å²) in [6.07, 6.45) is 3.94. The lowest BCUT2D eigenvalue weighted by molar-refractivity contribution is 1.03. The van der Waals surface area contributed by atoms with Gasteiger partial charge in [-0.15, -0.1) is 11.6 Å². The molecule has 0 heterocycles. The molecule has 0 spiro atoms. The molecule has 0 aromatic heterocycles. The van der Waals surface area contributed by atoms with Gasteiger partial charge in [0.15, 0.2) is 0 Å². The van der Waals surface area contributed by atoms with E-state index in [1.54, 1.807) is 0 Å². The summed E-state index contributed by atoms with van der Waals surface area (Å²) in [5.74, 6) is 0.543. The van der Waals surface area contributed by atoms with Crippen molar-refractivity contribution in [3.8, 4) is 6.07 Å². The average molecular weight is 221 g/mol. The van der Waals surface area contributed by atoms with Gasteiger partial charge >= 0.3 is 0 Å². The van der Waals surface area contributed by atoms with Crippen LogP contribution in [0.5, 0.6) is 0 Å². The van der Waals surface area contributed by atoms with E-state index < -0.39 is 0 Å². The topological polar surface area (TPSA) is 27.0 Å². The van der Waals surface area contributed by atoms with Gasteiger partial charge in [-0.2, -0.15) is 5.26 Å². The number of nitriles is 1. The van der Waals surface area contributed by atoms with E-state index in [4.69, 9.17) is 16.9 Å². The Morgan fingerprint density at radius 2 is 2.00 bits per heavy atom. The first-order valence-corrected chi connectivity index (χ1v) is 5.23. The molecule has 1 aromatic carbocycles. The van der Waals surface area contributed by atoms with Crippen molar-refractivity contribution in [2.75, 3.05) is 24.4 Å². The summed E-state index contributed by atoms with van der Waals surface area (Å²) in [6, 6.07) is 9.60. The molecular weight excluding hydrogens is 208 g/mol. The van der Waals surface area contributed by atoms with Gasteiger partial charge < -0.3 is 4.90 Å². The van der Waals surface area contributed by atoms with Crippen molar-refractivity contribution in [1.29, 1.82) is 5.26 Å². The van der Waals surface area contributed by atoms with Gasteiger partial charge in [-0.1, -0.05) is 12.2 Å². The van der Waals surface area contributed by atoms with E-state index in [2.05, 4.69) is 11.0 Å². The summed E-state index contributed by atoms with van der Waals surface area (Å²) in [5.41, 5.74) is 1.77. The SMILES string of the molecule is CN(CC=CCCl)c1ccc(C#N)cc1. The van der Waals surface area contributed by atoms with Crippen molar-refractivity contribution in [3.63, 3.8) is 0 Å². The highest BCUT2D eigenvalue weighted by molar-refractivity contribution is 6.18. The summed E-state index contributed by atoms with van der Waals surface area (Å²) in [4.78, 5) is 2.09. The second-order valence-corrected chi connectivity index (χ2v) is 3.47. The van der Waals surface area contributed by atoms with Gasteiger partial charge in [0, 0.05) is 25.2 Å². The van der Waals surface area contributed by atoms with E-state index in [1.165, 1.54) is 0 Å². The van der Waals surface area contributed by atoms with E-state index in [0.717, 1.165) is 12.2 Å². The van der Waals surface area contributed by atoms with Crippen LogP contribution in [-0.4, -0.2) is 19.5 Å². The molecule has 0 atom stereocenters. The minimum absolute atomic E-state index is 0.543. The van der Waals surface area contributed by atoms with Gasteiger partial charge in [0.05, 0.1) is 11.6 Å². The van der Waals surface area contributed by atoms with Crippen molar-refractivity contribution in [3.05, 3.63) is 42.0 Å². The molecule has 1 rings (SSSR count).